The van der Waals surface area contributed by atoms with Gasteiger partial charge in [0, 0.05) is 12.8 Å². The van der Waals surface area contributed by atoms with Crippen LogP contribution in [0.5, 0.6) is 0 Å². The fraction of sp³-hybridized carbons (Fsp3) is 0.974. The van der Waals surface area contributed by atoms with E-state index in [4.69, 9.17) is 18.5 Å². The second-order valence-corrected chi connectivity index (χ2v) is 30.2. The highest BCUT2D eigenvalue weighted by molar-refractivity contribution is 7.45. The van der Waals surface area contributed by atoms with Crippen LogP contribution in [0.4, 0.5) is 0 Å². The maximum absolute atomic E-state index is 12.9. The molecule has 2 atom stereocenters. The Kier molecular flexibility index (Phi) is 69.5. The normalized spacial score (nSPS) is 12.9. The first-order valence-corrected chi connectivity index (χ1v) is 41.2. The molecule has 0 aromatic carbocycles. The zero-order chi connectivity index (χ0) is 64.1. The molecule has 0 aliphatic carbocycles. The topological polar surface area (TPSA) is 111 Å². The highest BCUT2D eigenvalue weighted by Crippen LogP contribution is 2.38. The average molecular weight is 1270 g/mol. The molecule has 88 heavy (non-hydrogen) atoms. The lowest BCUT2D eigenvalue weighted by Crippen LogP contribution is -2.37. The average Bonchev–Trinajstić information content (AvgIpc) is 3.60. The van der Waals surface area contributed by atoms with Crippen molar-refractivity contribution in [3.63, 3.8) is 0 Å². The SMILES string of the molecule is CCCCCCCCCCCCCCCCCCCCCCCCCCCCCCCCCCCCCCC(=O)OC(COC(=O)CCCCCCCCCCCCCCCCCCCCCCCCCCCCCC)COP(=O)([O-])OCC[N+](C)(C)C. The van der Waals surface area contributed by atoms with Crippen LogP contribution in [0.2, 0.25) is 0 Å². The third-order valence-corrected chi connectivity index (χ3v) is 19.6. The summed E-state index contributed by atoms with van der Waals surface area (Å²) in [6, 6.07) is 0. The Bertz CT molecular complexity index is 1440. The van der Waals surface area contributed by atoms with Crippen molar-refractivity contribution in [3.05, 3.63) is 0 Å². The molecule has 0 amide bonds. The highest BCUT2D eigenvalue weighted by atomic mass is 31.2. The molecule has 0 fully saturated rings. The molecular weight excluding hydrogens is 1110 g/mol. The summed E-state index contributed by atoms with van der Waals surface area (Å²) in [6.07, 6.45) is 86.7. The number of hydrogen-bond donors (Lipinski definition) is 0. The Labute approximate surface area is 550 Å². The molecule has 10 heteroatoms. The lowest BCUT2D eigenvalue weighted by atomic mass is 10.0. The smallest absolute Gasteiger partial charge is 0.306 e. The van der Waals surface area contributed by atoms with Crippen LogP contribution in [0, 0.1) is 0 Å². The molecule has 0 saturated carbocycles. The molecule has 0 aliphatic rings. The molecule has 0 heterocycles. The minimum atomic E-state index is -4.64. The predicted molar refractivity (Wildman–Crippen MR) is 379 cm³/mol. The van der Waals surface area contributed by atoms with Gasteiger partial charge in [-0.2, -0.15) is 0 Å². The van der Waals surface area contributed by atoms with E-state index in [9.17, 15) is 19.0 Å². The largest absolute Gasteiger partial charge is 0.756 e. The molecule has 9 nitrogen and oxygen atoms in total. The number of hydrogen-bond acceptors (Lipinski definition) is 8. The maximum atomic E-state index is 12.9. The Balaban J connectivity index is 3.88. The number of carbonyl (C=O) groups is 2. The van der Waals surface area contributed by atoms with E-state index >= 15 is 0 Å². The van der Waals surface area contributed by atoms with Gasteiger partial charge in [0.2, 0.25) is 0 Å². The van der Waals surface area contributed by atoms with Crippen molar-refractivity contribution in [2.24, 2.45) is 0 Å². The highest BCUT2D eigenvalue weighted by Gasteiger charge is 2.22. The van der Waals surface area contributed by atoms with E-state index in [0.29, 0.717) is 17.4 Å². The van der Waals surface area contributed by atoms with Crippen LogP contribution in [0.15, 0.2) is 0 Å². The van der Waals surface area contributed by atoms with Gasteiger partial charge in [0.15, 0.2) is 6.10 Å². The zero-order valence-corrected chi connectivity index (χ0v) is 61.1. The van der Waals surface area contributed by atoms with Crippen LogP contribution in [0.1, 0.15) is 438 Å². The predicted octanol–water partition coefficient (Wildman–Crippen LogP) is 25.4. The van der Waals surface area contributed by atoms with E-state index in [1.165, 1.54) is 372 Å². The van der Waals surface area contributed by atoms with Crippen LogP contribution >= 0.6 is 7.82 Å². The van der Waals surface area contributed by atoms with Crippen LogP contribution in [-0.2, 0) is 32.7 Å². The number of quaternary nitrogens is 1. The van der Waals surface area contributed by atoms with Gasteiger partial charge in [-0.25, -0.2) is 0 Å². The Morgan fingerprint density at radius 2 is 0.511 bits per heavy atom. The molecule has 0 saturated heterocycles. The van der Waals surface area contributed by atoms with Gasteiger partial charge in [-0.05, 0) is 12.8 Å². The van der Waals surface area contributed by atoms with Crippen molar-refractivity contribution in [2.45, 2.75) is 444 Å². The van der Waals surface area contributed by atoms with E-state index in [-0.39, 0.29) is 32.0 Å². The molecule has 0 bridgehead atoms. The number of carbonyl (C=O) groups excluding carboxylic acids is 2. The van der Waals surface area contributed by atoms with Gasteiger partial charge >= 0.3 is 11.9 Å². The van der Waals surface area contributed by atoms with Crippen molar-refractivity contribution in [1.29, 1.82) is 0 Å². The summed E-state index contributed by atoms with van der Waals surface area (Å²) in [5.74, 6) is -0.801. The summed E-state index contributed by atoms with van der Waals surface area (Å²) >= 11 is 0. The number of esters is 2. The molecular formula is C78H156NO8P. The van der Waals surface area contributed by atoms with E-state index < -0.39 is 26.5 Å². The van der Waals surface area contributed by atoms with Gasteiger partial charge in [0.05, 0.1) is 27.7 Å². The van der Waals surface area contributed by atoms with Gasteiger partial charge < -0.3 is 27.9 Å². The summed E-state index contributed by atoms with van der Waals surface area (Å²) in [5.41, 5.74) is 0. The fourth-order valence-corrected chi connectivity index (χ4v) is 13.3. The van der Waals surface area contributed by atoms with Gasteiger partial charge in [-0.15, -0.1) is 0 Å². The molecule has 0 radical (unpaired) electrons. The number of rotatable bonds is 76. The van der Waals surface area contributed by atoms with Crippen LogP contribution in [0.3, 0.4) is 0 Å². The quantitative estimate of drug-likeness (QED) is 0.0256. The number of nitrogens with zero attached hydrogens (tertiary/aromatic N) is 1. The number of likely N-dealkylation sites (N-methyl/N-ethyl adjacent to an activating group) is 1. The third-order valence-electron chi connectivity index (χ3n) is 18.6. The van der Waals surface area contributed by atoms with Crippen LogP contribution in [0.25, 0.3) is 0 Å². The molecule has 0 aliphatic heterocycles. The summed E-state index contributed by atoms with van der Waals surface area (Å²) < 4.78 is 34.4. The number of phosphoric ester groups is 1. The van der Waals surface area contributed by atoms with Crippen molar-refractivity contribution >= 4 is 19.8 Å². The van der Waals surface area contributed by atoms with Gasteiger partial charge in [0.25, 0.3) is 7.82 Å². The Hall–Kier alpha value is -0.990. The lowest BCUT2D eigenvalue weighted by Gasteiger charge is -2.28. The summed E-state index contributed by atoms with van der Waals surface area (Å²) in [6.45, 7) is 4.35. The van der Waals surface area contributed by atoms with E-state index in [1.807, 2.05) is 21.1 Å². The summed E-state index contributed by atoms with van der Waals surface area (Å²) in [5, 5.41) is 0. The summed E-state index contributed by atoms with van der Waals surface area (Å²) in [4.78, 5) is 38.1. The first-order valence-electron chi connectivity index (χ1n) is 39.7. The van der Waals surface area contributed by atoms with Gasteiger partial charge in [-0.1, -0.05) is 412 Å². The van der Waals surface area contributed by atoms with Crippen molar-refractivity contribution in [3.8, 4) is 0 Å². The second-order valence-electron chi connectivity index (χ2n) is 28.8. The van der Waals surface area contributed by atoms with E-state index in [2.05, 4.69) is 13.8 Å². The van der Waals surface area contributed by atoms with E-state index in [1.54, 1.807) is 0 Å². The fourth-order valence-electron chi connectivity index (χ4n) is 12.5. The number of ether oxygens (including phenoxy) is 2. The third kappa shape index (κ3) is 74.1. The Morgan fingerprint density at radius 1 is 0.307 bits per heavy atom. The molecule has 0 aromatic rings. The van der Waals surface area contributed by atoms with E-state index in [0.717, 1.165) is 32.1 Å². The molecule has 0 spiro atoms. The van der Waals surface area contributed by atoms with Crippen LogP contribution in [-0.4, -0.2) is 70.0 Å². The lowest BCUT2D eigenvalue weighted by molar-refractivity contribution is -0.870. The molecule has 0 rings (SSSR count). The minimum Gasteiger partial charge on any atom is -0.756 e. The molecule has 526 valence electrons. The van der Waals surface area contributed by atoms with Crippen molar-refractivity contribution in [1.82, 2.24) is 0 Å². The van der Waals surface area contributed by atoms with Crippen LogP contribution < -0.4 is 4.89 Å². The Morgan fingerprint density at radius 3 is 0.727 bits per heavy atom. The molecule has 0 N–H and O–H groups in total. The van der Waals surface area contributed by atoms with Gasteiger partial charge in [-0.3, -0.25) is 14.2 Å². The number of phosphoric acid groups is 1. The molecule has 2 unspecified atom stereocenters. The second kappa shape index (κ2) is 70.3. The van der Waals surface area contributed by atoms with Gasteiger partial charge in [0.1, 0.15) is 19.8 Å². The first-order chi connectivity index (χ1) is 43.0. The van der Waals surface area contributed by atoms with Crippen molar-refractivity contribution < 1.29 is 42.1 Å². The molecule has 0 aromatic heterocycles. The van der Waals surface area contributed by atoms with Crippen molar-refractivity contribution in [2.75, 3.05) is 47.5 Å². The first kappa shape index (κ1) is 87.0. The summed E-state index contributed by atoms with van der Waals surface area (Å²) in [7, 11) is 1.20. The standard InChI is InChI=1S/C78H156NO8P/c1-6-8-10-12-14-16-18-20-22-24-26-28-30-32-34-36-37-38-39-40-41-42-43-45-47-49-51-53-55-57-59-61-63-65-67-69-71-78(81)87-76(75-86-88(82,83)85-73-72-79(3,4)5)74-84-77(80)70-68-66-64-62-60-58-56-54-52-50-48-46-44-35-33-31-29-27-25-23-21-19-17-15-13-11-9-7-2/h76H,6-75H2,1-5H3. The maximum Gasteiger partial charge on any atom is 0.306 e. The number of unbranched alkanes of at least 4 members (excludes halogenated alkanes) is 62. The minimum absolute atomic E-state index is 0.0247. The monoisotopic (exact) mass is 1270 g/mol. The zero-order valence-electron chi connectivity index (χ0n) is 60.2.